The predicted octanol–water partition coefficient (Wildman–Crippen LogP) is 15.0. The van der Waals surface area contributed by atoms with Gasteiger partial charge < -0.3 is 27.9 Å². The summed E-state index contributed by atoms with van der Waals surface area (Å²) in [6, 6.07) is 0. The van der Waals surface area contributed by atoms with Crippen LogP contribution in [0.1, 0.15) is 219 Å². The molecule has 0 heterocycles. The predicted molar refractivity (Wildman–Crippen MR) is 268 cm³/mol. The molecule has 0 radical (unpaired) electrons. The van der Waals surface area contributed by atoms with E-state index < -0.39 is 32.5 Å². The minimum atomic E-state index is -4.64. The fourth-order valence-corrected chi connectivity index (χ4v) is 7.66. The van der Waals surface area contributed by atoms with E-state index in [0.717, 1.165) is 57.8 Å². The molecule has 372 valence electrons. The molecule has 0 aliphatic rings. The Morgan fingerprint density at radius 1 is 0.484 bits per heavy atom. The lowest BCUT2D eigenvalue weighted by Gasteiger charge is -2.28. The van der Waals surface area contributed by atoms with Crippen LogP contribution in [-0.2, 0) is 32.7 Å². The SMILES string of the molecule is CCCCC/C=C\C/C=C\C/C=C\C/C=C\CCCCCC(=O)O[C@H](COC(=O)CCCCCCCCCCCCC/C=C\CCCCCCCC)COP(=O)([O-])OCC[N+](C)(C)C. The third kappa shape index (κ3) is 49.2. The molecule has 0 aliphatic heterocycles. The Balaban J connectivity index is 4.30. The smallest absolute Gasteiger partial charge is 0.306 e. The van der Waals surface area contributed by atoms with Gasteiger partial charge >= 0.3 is 11.9 Å². The average Bonchev–Trinajstić information content (AvgIpc) is 3.25. The van der Waals surface area contributed by atoms with Crippen molar-refractivity contribution in [3.8, 4) is 0 Å². The molecule has 0 spiro atoms. The van der Waals surface area contributed by atoms with Gasteiger partial charge in [0.25, 0.3) is 7.82 Å². The molecule has 0 aromatic rings. The Morgan fingerprint density at radius 3 is 1.31 bits per heavy atom. The fourth-order valence-electron chi connectivity index (χ4n) is 6.93. The number of unbranched alkanes of at least 4 members (excludes halogenated alkanes) is 23. The van der Waals surface area contributed by atoms with Crippen LogP contribution in [-0.4, -0.2) is 70.0 Å². The van der Waals surface area contributed by atoms with Gasteiger partial charge in [-0.25, -0.2) is 0 Å². The second-order valence-electron chi connectivity index (χ2n) is 18.5. The first-order chi connectivity index (χ1) is 31.0. The second kappa shape index (κ2) is 45.8. The molecule has 10 heteroatoms. The maximum absolute atomic E-state index is 12.7. The third-order valence-electron chi connectivity index (χ3n) is 11.0. The van der Waals surface area contributed by atoms with Crippen LogP contribution in [0.4, 0.5) is 0 Å². The number of rotatable bonds is 47. The molecule has 0 fully saturated rings. The summed E-state index contributed by atoms with van der Waals surface area (Å²) in [5.74, 6) is -0.869. The van der Waals surface area contributed by atoms with Crippen LogP contribution in [0.3, 0.4) is 0 Å². The molecular formula is C54H98NO8P. The second-order valence-corrected chi connectivity index (χ2v) is 19.9. The van der Waals surface area contributed by atoms with Crippen LogP contribution >= 0.6 is 7.82 Å². The van der Waals surface area contributed by atoms with Crippen molar-refractivity contribution in [2.75, 3.05) is 47.5 Å². The largest absolute Gasteiger partial charge is 0.756 e. The molecule has 0 amide bonds. The van der Waals surface area contributed by atoms with E-state index >= 15 is 0 Å². The molecule has 1 unspecified atom stereocenters. The number of carbonyl (C=O) groups is 2. The third-order valence-corrected chi connectivity index (χ3v) is 12.0. The van der Waals surface area contributed by atoms with Gasteiger partial charge in [0.2, 0.25) is 0 Å². The zero-order chi connectivity index (χ0) is 47.1. The molecule has 0 saturated heterocycles. The minimum absolute atomic E-state index is 0.0392. The van der Waals surface area contributed by atoms with Crippen LogP contribution in [0.2, 0.25) is 0 Å². The first kappa shape index (κ1) is 61.7. The van der Waals surface area contributed by atoms with Gasteiger partial charge in [-0.1, -0.05) is 184 Å². The first-order valence-corrected chi connectivity index (χ1v) is 27.5. The van der Waals surface area contributed by atoms with E-state index in [4.69, 9.17) is 18.5 Å². The average molecular weight is 920 g/mol. The molecule has 2 atom stereocenters. The summed E-state index contributed by atoms with van der Waals surface area (Å²) in [7, 11) is 1.14. The van der Waals surface area contributed by atoms with Crippen LogP contribution in [0.25, 0.3) is 0 Å². The first-order valence-electron chi connectivity index (χ1n) is 26.0. The van der Waals surface area contributed by atoms with Crippen LogP contribution < -0.4 is 4.89 Å². The number of nitrogens with zero attached hydrogens (tertiary/aromatic N) is 1. The summed E-state index contributed by atoms with van der Waals surface area (Å²) in [4.78, 5) is 37.7. The maximum atomic E-state index is 12.7. The van der Waals surface area contributed by atoms with Crippen LogP contribution in [0, 0.1) is 0 Å². The highest BCUT2D eigenvalue weighted by atomic mass is 31.2. The van der Waals surface area contributed by atoms with Crippen LogP contribution in [0.15, 0.2) is 60.8 Å². The quantitative estimate of drug-likeness (QED) is 0.0195. The summed E-state index contributed by atoms with van der Waals surface area (Å²) in [5, 5.41) is 0. The Bertz CT molecular complexity index is 1270. The molecule has 0 aromatic heterocycles. The molecule has 9 nitrogen and oxygen atoms in total. The van der Waals surface area contributed by atoms with Crippen molar-refractivity contribution in [3.05, 3.63) is 60.8 Å². The van der Waals surface area contributed by atoms with Gasteiger partial charge in [0.15, 0.2) is 6.10 Å². The number of hydrogen-bond acceptors (Lipinski definition) is 8. The summed E-state index contributed by atoms with van der Waals surface area (Å²) in [6.45, 7) is 4.17. The van der Waals surface area contributed by atoms with Crippen molar-refractivity contribution >= 4 is 19.8 Å². The Morgan fingerprint density at radius 2 is 0.844 bits per heavy atom. The zero-order valence-electron chi connectivity index (χ0n) is 42.0. The number of quaternary nitrogens is 1. The number of phosphoric acid groups is 1. The molecule has 0 bridgehead atoms. The van der Waals surface area contributed by atoms with Crippen molar-refractivity contribution in [1.29, 1.82) is 0 Å². The van der Waals surface area contributed by atoms with E-state index in [2.05, 4.69) is 74.6 Å². The summed E-state index contributed by atoms with van der Waals surface area (Å²) >= 11 is 0. The number of ether oxygens (including phenoxy) is 2. The van der Waals surface area contributed by atoms with Gasteiger partial charge in [-0.15, -0.1) is 0 Å². The number of allylic oxidation sites excluding steroid dienone is 10. The lowest BCUT2D eigenvalue weighted by molar-refractivity contribution is -0.870. The van der Waals surface area contributed by atoms with E-state index in [1.165, 1.54) is 128 Å². The zero-order valence-corrected chi connectivity index (χ0v) is 42.9. The molecule has 64 heavy (non-hydrogen) atoms. The van der Waals surface area contributed by atoms with Gasteiger partial charge in [0, 0.05) is 12.8 Å². The van der Waals surface area contributed by atoms with Crippen molar-refractivity contribution in [3.63, 3.8) is 0 Å². The normalized spacial score (nSPS) is 13.9. The monoisotopic (exact) mass is 920 g/mol. The van der Waals surface area contributed by atoms with Crippen LogP contribution in [0.5, 0.6) is 0 Å². The minimum Gasteiger partial charge on any atom is -0.756 e. The van der Waals surface area contributed by atoms with Gasteiger partial charge in [-0.3, -0.25) is 14.2 Å². The van der Waals surface area contributed by atoms with Gasteiger partial charge in [-0.2, -0.15) is 0 Å². The highest BCUT2D eigenvalue weighted by Crippen LogP contribution is 2.38. The number of phosphoric ester groups is 1. The lowest BCUT2D eigenvalue weighted by Crippen LogP contribution is -2.37. The van der Waals surface area contributed by atoms with Crippen molar-refractivity contribution in [1.82, 2.24) is 0 Å². The summed E-state index contributed by atoms with van der Waals surface area (Å²) in [5.41, 5.74) is 0. The van der Waals surface area contributed by atoms with Crippen molar-refractivity contribution < 1.29 is 42.1 Å². The van der Waals surface area contributed by atoms with E-state index in [0.29, 0.717) is 17.4 Å². The number of esters is 2. The Labute approximate surface area is 394 Å². The summed E-state index contributed by atoms with van der Waals surface area (Å²) < 4.78 is 34.0. The molecule has 0 aliphatic carbocycles. The van der Waals surface area contributed by atoms with E-state index in [9.17, 15) is 19.0 Å². The van der Waals surface area contributed by atoms with E-state index in [-0.39, 0.29) is 26.1 Å². The van der Waals surface area contributed by atoms with E-state index in [1.54, 1.807) is 0 Å². The van der Waals surface area contributed by atoms with Gasteiger partial charge in [0.1, 0.15) is 19.8 Å². The molecule has 0 aromatic carbocycles. The standard InChI is InChI=1S/C54H98NO8P/c1-6-8-10-12-14-16-18-20-22-24-26-27-29-30-32-34-36-38-40-42-44-46-53(56)60-50-52(51-62-64(58,59)61-49-48-55(3,4)5)63-54(57)47-45-43-41-39-37-35-33-31-28-25-23-21-19-17-15-13-11-9-7-2/h15,17,20-23,28,31,35,37,52H,6-14,16,18-19,24-27,29-30,32-34,36,38-51H2,1-5H3/b17-15-,22-20-,23-21-,31-28-,37-35-/t52-/m1/s1. The highest BCUT2D eigenvalue weighted by molar-refractivity contribution is 7.45. The summed E-state index contributed by atoms with van der Waals surface area (Å²) in [6.07, 6.45) is 56.8. The Kier molecular flexibility index (Phi) is 44.2. The van der Waals surface area contributed by atoms with Gasteiger partial charge in [0.05, 0.1) is 27.7 Å². The topological polar surface area (TPSA) is 111 Å². The molecule has 0 saturated carbocycles. The number of hydrogen-bond donors (Lipinski definition) is 0. The highest BCUT2D eigenvalue weighted by Gasteiger charge is 2.21. The number of carbonyl (C=O) groups excluding carboxylic acids is 2. The lowest BCUT2D eigenvalue weighted by atomic mass is 10.0. The molecule has 0 rings (SSSR count). The van der Waals surface area contributed by atoms with Gasteiger partial charge in [-0.05, 0) is 83.5 Å². The Hall–Kier alpha value is -2.29. The molecular weight excluding hydrogens is 822 g/mol. The number of likely N-dealkylation sites (N-methyl/N-ethyl adjacent to an activating group) is 1. The van der Waals surface area contributed by atoms with Crippen molar-refractivity contribution in [2.24, 2.45) is 0 Å². The maximum Gasteiger partial charge on any atom is 0.306 e. The van der Waals surface area contributed by atoms with E-state index in [1.807, 2.05) is 21.1 Å². The molecule has 0 N–H and O–H groups in total. The van der Waals surface area contributed by atoms with Crippen molar-refractivity contribution in [2.45, 2.75) is 225 Å². The fraction of sp³-hybridized carbons (Fsp3) is 0.778.